The van der Waals surface area contributed by atoms with Gasteiger partial charge in [-0.2, -0.15) is 5.11 Å². The molecule has 2 N–H and O–H groups in total. The van der Waals surface area contributed by atoms with Gasteiger partial charge in [0.15, 0.2) is 0 Å². The summed E-state index contributed by atoms with van der Waals surface area (Å²) in [4.78, 5) is 10.8. The maximum absolute atomic E-state index is 10.8. The lowest BCUT2D eigenvalue weighted by Gasteiger charge is -2.08. The quantitative estimate of drug-likeness (QED) is 0.534. The molecule has 130 valence electrons. The summed E-state index contributed by atoms with van der Waals surface area (Å²) < 4.78 is 5.07. The van der Waals surface area contributed by atoms with E-state index in [-0.39, 0.29) is 29.9 Å². The lowest BCUT2D eigenvalue weighted by Crippen LogP contribution is -2.00. The summed E-state index contributed by atoms with van der Waals surface area (Å²) >= 11 is 6.05. The second-order valence-electron chi connectivity index (χ2n) is 5.24. The highest BCUT2D eigenvalue weighted by Crippen LogP contribution is 2.36. The molecule has 0 fully saturated rings. The van der Waals surface area contributed by atoms with E-state index in [1.165, 1.54) is 6.07 Å². The molecule has 6 nitrogen and oxygen atoms in total. The van der Waals surface area contributed by atoms with Gasteiger partial charge in [0.25, 0.3) is 0 Å². The molecule has 25 heavy (non-hydrogen) atoms. The molecule has 0 bridgehead atoms. The van der Waals surface area contributed by atoms with Crippen LogP contribution in [0.4, 0.5) is 11.4 Å². The highest BCUT2D eigenvalue weighted by Gasteiger charge is 2.12. The molecule has 2 rings (SSSR count). The minimum atomic E-state index is -1.07. The van der Waals surface area contributed by atoms with Gasteiger partial charge in [-0.15, -0.1) is 5.11 Å². The molecule has 0 saturated carbocycles. The number of hydrogen-bond donors (Lipinski definition) is 2. The van der Waals surface area contributed by atoms with Crippen molar-refractivity contribution < 1.29 is 19.7 Å². The number of carbonyl (C=O) groups is 1. The summed E-state index contributed by atoms with van der Waals surface area (Å²) in [5.41, 5.74) is 1.33. The number of carboxylic acids is 1. The first-order valence-electron chi connectivity index (χ1n) is 7.39. The molecule has 0 aromatic heterocycles. The van der Waals surface area contributed by atoms with E-state index in [9.17, 15) is 9.90 Å². The summed E-state index contributed by atoms with van der Waals surface area (Å²) in [6.45, 7) is 3.47. The van der Waals surface area contributed by atoms with Crippen LogP contribution in [0.3, 0.4) is 0 Å². The standard InChI is InChI=1S/C18H17ClN2O4/c1-11(18(23)24)3-4-12-9-13(19)10-16(17(12)22)21-20-14-5-7-15(25-2)8-6-14/h5-10,22H,1,3-4H2,2H3,(H,23,24). The van der Waals surface area contributed by atoms with Crippen molar-refractivity contribution in [1.29, 1.82) is 0 Å². The van der Waals surface area contributed by atoms with Crippen LogP contribution in [0, 0.1) is 0 Å². The second kappa shape index (κ2) is 8.30. The summed E-state index contributed by atoms with van der Waals surface area (Å²) in [5.74, 6) is -0.453. The molecule has 0 aliphatic rings. The number of benzene rings is 2. The number of aromatic hydroxyl groups is 1. The van der Waals surface area contributed by atoms with Crippen LogP contribution in [0.5, 0.6) is 11.5 Å². The van der Waals surface area contributed by atoms with E-state index in [0.29, 0.717) is 22.0 Å². The number of azo groups is 1. The summed E-state index contributed by atoms with van der Waals surface area (Å²) in [5, 5.41) is 27.6. The van der Waals surface area contributed by atoms with Crippen LogP contribution in [-0.2, 0) is 11.2 Å². The lowest BCUT2D eigenvalue weighted by atomic mass is 10.0. The highest BCUT2D eigenvalue weighted by molar-refractivity contribution is 6.31. The summed E-state index contributed by atoms with van der Waals surface area (Å²) in [7, 11) is 1.57. The molecule has 0 radical (unpaired) electrons. The molecule has 0 heterocycles. The molecule has 0 atom stereocenters. The maximum atomic E-state index is 10.8. The van der Waals surface area contributed by atoms with Crippen molar-refractivity contribution in [2.45, 2.75) is 12.8 Å². The fraction of sp³-hybridized carbons (Fsp3) is 0.167. The monoisotopic (exact) mass is 360 g/mol. The largest absolute Gasteiger partial charge is 0.505 e. The first-order chi connectivity index (χ1) is 11.9. The van der Waals surface area contributed by atoms with Crippen molar-refractivity contribution in [3.05, 3.63) is 59.1 Å². The van der Waals surface area contributed by atoms with Crippen LogP contribution in [0.2, 0.25) is 5.02 Å². The molecule has 0 unspecified atom stereocenters. The van der Waals surface area contributed by atoms with Gasteiger partial charge in [0.05, 0.1) is 12.8 Å². The zero-order valence-electron chi connectivity index (χ0n) is 13.6. The normalized spacial score (nSPS) is 10.8. The van der Waals surface area contributed by atoms with Crippen LogP contribution in [-0.4, -0.2) is 23.3 Å². The summed E-state index contributed by atoms with van der Waals surface area (Å²) in [6.07, 6.45) is 0.473. The number of aryl methyl sites for hydroxylation is 1. The Morgan fingerprint density at radius 1 is 1.24 bits per heavy atom. The molecule has 0 aliphatic carbocycles. The fourth-order valence-corrected chi connectivity index (χ4v) is 2.29. The predicted octanol–water partition coefficient (Wildman–Crippen LogP) is 5.04. The minimum absolute atomic E-state index is 0.0563. The van der Waals surface area contributed by atoms with E-state index in [1.54, 1.807) is 37.4 Å². The number of nitrogens with zero attached hydrogens (tertiary/aromatic N) is 2. The van der Waals surface area contributed by atoms with E-state index in [2.05, 4.69) is 16.8 Å². The van der Waals surface area contributed by atoms with Gasteiger partial charge >= 0.3 is 5.97 Å². The molecule has 0 spiro atoms. The SMILES string of the molecule is C=C(CCc1cc(Cl)cc(N=Nc2ccc(OC)cc2)c1O)C(=O)O. The van der Waals surface area contributed by atoms with Crippen LogP contribution in [0.25, 0.3) is 0 Å². The van der Waals surface area contributed by atoms with E-state index >= 15 is 0 Å². The number of rotatable bonds is 7. The topological polar surface area (TPSA) is 91.5 Å². The molecule has 2 aromatic rings. The van der Waals surface area contributed by atoms with Crippen molar-refractivity contribution in [2.24, 2.45) is 10.2 Å². The maximum Gasteiger partial charge on any atom is 0.330 e. The Labute approximate surface area is 150 Å². The molecule has 2 aromatic carbocycles. The number of carboxylic acid groups (broad SMARTS) is 1. The molecular formula is C18H17ClN2O4. The summed E-state index contributed by atoms with van der Waals surface area (Å²) in [6, 6.07) is 9.99. The van der Waals surface area contributed by atoms with Gasteiger partial charge in [0.2, 0.25) is 0 Å². The Balaban J connectivity index is 2.21. The van der Waals surface area contributed by atoms with Gasteiger partial charge in [0, 0.05) is 10.6 Å². The van der Waals surface area contributed by atoms with Gasteiger partial charge in [-0.1, -0.05) is 18.2 Å². The third-order valence-electron chi connectivity index (χ3n) is 3.48. The minimum Gasteiger partial charge on any atom is -0.505 e. The van der Waals surface area contributed by atoms with Gasteiger partial charge in [-0.05, 0) is 54.8 Å². The highest BCUT2D eigenvalue weighted by atomic mass is 35.5. The van der Waals surface area contributed by atoms with Crippen molar-refractivity contribution in [3.63, 3.8) is 0 Å². The van der Waals surface area contributed by atoms with Gasteiger partial charge in [-0.3, -0.25) is 0 Å². The number of phenols is 1. The van der Waals surface area contributed by atoms with Crippen LogP contribution < -0.4 is 4.74 Å². The van der Waals surface area contributed by atoms with Crippen molar-refractivity contribution in [1.82, 2.24) is 0 Å². The van der Waals surface area contributed by atoms with Crippen molar-refractivity contribution in [3.8, 4) is 11.5 Å². The van der Waals surface area contributed by atoms with Crippen LogP contribution >= 0.6 is 11.6 Å². The van der Waals surface area contributed by atoms with Gasteiger partial charge in [-0.25, -0.2) is 4.79 Å². The Hall–Kier alpha value is -2.86. The molecule has 7 heteroatoms. The fourth-order valence-electron chi connectivity index (χ4n) is 2.06. The Morgan fingerprint density at radius 3 is 2.52 bits per heavy atom. The smallest absolute Gasteiger partial charge is 0.330 e. The molecule has 0 saturated heterocycles. The second-order valence-corrected chi connectivity index (χ2v) is 5.68. The first kappa shape index (κ1) is 18.5. The van der Waals surface area contributed by atoms with Crippen LogP contribution in [0.15, 0.2) is 58.8 Å². The zero-order valence-corrected chi connectivity index (χ0v) is 14.3. The molecule has 0 amide bonds. The third kappa shape index (κ3) is 5.06. The number of aliphatic carboxylic acids is 1. The van der Waals surface area contributed by atoms with Crippen molar-refractivity contribution in [2.75, 3.05) is 7.11 Å². The molecule has 0 aliphatic heterocycles. The van der Waals surface area contributed by atoms with E-state index < -0.39 is 5.97 Å². The number of phenolic OH excluding ortho intramolecular Hbond substituents is 1. The average Bonchev–Trinajstić information content (AvgIpc) is 2.60. The van der Waals surface area contributed by atoms with Gasteiger partial charge < -0.3 is 14.9 Å². The number of halogens is 1. The Morgan fingerprint density at radius 2 is 1.92 bits per heavy atom. The predicted molar refractivity (Wildman–Crippen MR) is 95.4 cm³/mol. The Kier molecular flexibility index (Phi) is 6.14. The lowest BCUT2D eigenvalue weighted by molar-refractivity contribution is -0.132. The number of ether oxygens (including phenoxy) is 1. The van der Waals surface area contributed by atoms with Gasteiger partial charge in [0.1, 0.15) is 17.2 Å². The van der Waals surface area contributed by atoms with E-state index in [0.717, 1.165) is 0 Å². The molecular weight excluding hydrogens is 344 g/mol. The average molecular weight is 361 g/mol. The first-order valence-corrected chi connectivity index (χ1v) is 7.76. The number of methoxy groups -OCH3 is 1. The van der Waals surface area contributed by atoms with Crippen LogP contribution in [0.1, 0.15) is 12.0 Å². The van der Waals surface area contributed by atoms with E-state index in [1.807, 2.05) is 0 Å². The third-order valence-corrected chi connectivity index (χ3v) is 3.70. The zero-order chi connectivity index (χ0) is 18.4. The Bertz CT molecular complexity index is 817. The van der Waals surface area contributed by atoms with Crippen molar-refractivity contribution >= 4 is 28.9 Å². The van der Waals surface area contributed by atoms with E-state index in [4.69, 9.17) is 21.4 Å². The number of hydrogen-bond acceptors (Lipinski definition) is 5.